The van der Waals surface area contributed by atoms with E-state index >= 15 is 0 Å². The van der Waals surface area contributed by atoms with E-state index in [0.717, 1.165) is 27.7 Å². The molecule has 56 nitrogen and oxygen atoms in total. The molecule has 0 aromatic carbocycles. The summed E-state index contributed by atoms with van der Waals surface area (Å²) in [6.07, 6.45) is -94.0. The van der Waals surface area contributed by atoms with Crippen molar-refractivity contribution in [2.24, 2.45) is 5.92 Å². The summed E-state index contributed by atoms with van der Waals surface area (Å²) in [6, 6.07) is -7.14. The molecule has 0 aromatic heterocycles. The Hall–Kier alpha value is -4.49. The fourth-order valence-electron chi connectivity index (χ4n) is 16.9. The van der Waals surface area contributed by atoms with Crippen LogP contribution in [0.15, 0.2) is 0 Å². The zero-order valence-electron chi connectivity index (χ0n) is 70.0. The molecule has 10 rings (SSSR count). The first-order valence-electron chi connectivity index (χ1n) is 41.4. The topological polar surface area (TPSA) is 864 Å². The zero-order valence-corrected chi connectivity index (χ0v) is 70.0. The number of hydrogen-bond acceptors (Lipinski definition) is 52. The van der Waals surface area contributed by atoms with Crippen LogP contribution in [0.2, 0.25) is 0 Å². The maximum absolute atomic E-state index is 13.2. The lowest BCUT2D eigenvalue weighted by Crippen LogP contribution is -2.71. The summed E-state index contributed by atoms with van der Waals surface area (Å²) < 4.78 is 119. The van der Waals surface area contributed by atoms with Crippen molar-refractivity contribution < 1.29 is 257 Å². The lowest BCUT2D eigenvalue weighted by atomic mass is 9.87. The molecule has 0 aromatic rings. The van der Waals surface area contributed by atoms with Crippen molar-refractivity contribution in [2.45, 2.75) is 354 Å². The highest BCUT2D eigenvalue weighted by molar-refractivity contribution is 5.74. The van der Waals surface area contributed by atoms with Crippen LogP contribution in [-0.4, -0.2) is 540 Å². The Morgan fingerprint density at radius 2 is 0.667 bits per heavy atom. The third kappa shape index (κ3) is 23.9. The standard InChI is InChI=1S/C73H122N4O52/c1-19-25(91)7-73(112-18-86,129-57(19)40(93)26(92)8-78)111-17-35-44(97)51(104)55(108)69(121-35)124-60-32(14-84)119-67(39(49(60)102)77-24(6)90)128-64-53(106)43(96)29(11-81)116-72(64)126-62-45(98)34(120-70(56(62)109)125-61-33(15-85)117-65(37(47(61)100)75-22(4)88)122-58-30(12-82)113-20(2)36(46(58)99)74-21(3)87)16-110-71-63(52(105)42(95)28(10-80)115-71)127-66-38(76-23(5)89)48(101)59(31(13-83)118-66)123-68-54(107)50(103)41(94)27(9-79)114-68/h18-20,25-72,78-85,91-109H,7-17H2,1-6H3,(H,74,87)(H,75,88)(H,76,89)(H,77,90)/t19-,20+,25-,26?,27?,28?,29?,30?,31+,32?,33?,34?,35?,36?,37?,38?,39?,40-,41+,42-,43-,44+,45-,46-,47-,48?,49-,50+,51+,52+,53?,54?,55?,56?,57?,58-,59-,60-,61-,62+,63?,64?,65+,66+,67+,68+,69+,70+,71+,72-,73+/m1/s1. The number of aliphatic hydroxyl groups excluding tert-OH is 27. The van der Waals surface area contributed by atoms with Gasteiger partial charge in [-0.15, -0.1) is 0 Å². The molecule has 51 atom stereocenters. The van der Waals surface area contributed by atoms with E-state index in [9.17, 15) is 162 Å². The van der Waals surface area contributed by atoms with Crippen LogP contribution >= 0.6 is 0 Å². The molecule has 0 spiro atoms. The molecule has 129 heavy (non-hydrogen) atoms. The lowest BCUT2D eigenvalue weighted by Gasteiger charge is -2.51. The molecule has 10 heterocycles. The largest absolute Gasteiger partial charge is 0.410 e. The van der Waals surface area contributed by atoms with Crippen LogP contribution in [0.4, 0.5) is 0 Å². The van der Waals surface area contributed by atoms with Crippen LogP contribution in [0.5, 0.6) is 0 Å². The first kappa shape index (κ1) is 107. The molecule has 10 saturated heterocycles. The highest BCUT2D eigenvalue weighted by Gasteiger charge is 2.62. The smallest absolute Gasteiger partial charge is 0.332 e. The van der Waals surface area contributed by atoms with Crippen molar-refractivity contribution in [3.05, 3.63) is 0 Å². The minimum absolute atomic E-state index is 0.197. The van der Waals surface area contributed by atoms with Crippen molar-refractivity contribution in [1.82, 2.24) is 21.3 Å². The van der Waals surface area contributed by atoms with E-state index < -0.39 is 408 Å². The quantitative estimate of drug-likeness (QED) is 0.0205. The molecule has 0 radical (unpaired) electrons. The van der Waals surface area contributed by atoms with E-state index in [1.54, 1.807) is 0 Å². The number of aliphatic hydroxyl groups is 27. The van der Waals surface area contributed by atoms with Crippen LogP contribution in [0.1, 0.15) is 48.0 Å². The molecule has 0 aliphatic carbocycles. The van der Waals surface area contributed by atoms with Gasteiger partial charge in [0, 0.05) is 33.6 Å². The van der Waals surface area contributed by atoms with Crippen molar-refractivity contribution in [3.8, 4) is 0 Å². The predicted octanol–water partition coefficient (Wildman–Crippen LogP) is -20.6. The number of hydrogen-bond donors (Lipinski definition) is 31. The highest BCUT2D eigenvalue weighted by atomic mass is 16.9. The molecule has 56 heteroatoms. The molecule has 10 fully saturated rings. The average Bonchev–Trinajstić information content (AvgIpc) is 0.771. The second-order valence-corrected chi connectivity index (χ2v) is 33.0. The Kier molecular flexibility index (Phi) is 38.5. The SMILES string of the molecule is CC(=O)NC1C(O)[C@H](O[C@@H]2OC(CO)[C@H](O)[C@H](O)C2O)[C@H](CO)O[C@H]1OC1[C@@H](OCC2O[C@@H](O[C@@H]3C(CO)O[C@@H](O[C@@H]4C(CO)O[C@@H](C)C(NC(C)=O)[C@H]4O)C(NC(C)=O)[C@H]3O)C(O)[C@@H](O[C@H]3OC(CO)[C@@H](O)C(O)C3O[C@@H]3OC(CO)[C@@H](O[C@@H]4OC(CO[C@]5(OC=O)C[C@@H](O)[C@@H](C)C([C@H](O)C(O)CO)O5)[C@H](O)[C@H](O)C4O)[C@H](O)C3NC(C)=O)[C@@H]2O)OC(CO)[C@@H](O)[C@@H]1O. The van der Waals surface area contributed by atoms with Gasteiger partial charge < -0.3 is 254 Å². The molecule has 0 saturated carbocycles. The van der Waals surface area contributed by atoms with Gasteiger partial charge in [0.2, 0.25) is 23.6 Å². The maximum atomic E-state index is 13.2. The van der Waals surface area contributed by atoms with E-state index in [4.69, 9.17) is 94.7 Å². The van der Waals surface area contributed by atoms with E-state index in [1.165, 1.54) is 13.8 Å². The van der Waals surface area contributed by atoms with Crippen LogP contribution in [0.25, 0.3) is 0 Å². The lowest BCUT2D eigenvalue weighted by molar-refractivity contribution is -0.424. The van der Waals surface area contributed by atoms with Gasteiger partial charge in [-0.1, -0.05) is 6.92 Å². The first-order valence-corrected chi connectivity index (χ1v) is 41.4. The second kappa shape index (κ2) is 46.6. The third-order valence-corrected chi connectivity index (χ3v) is 24.0. The zero-order chi connectivity index (χ0) is 95.1. The highest BCUT2D eigenvalue weighted by Crippen LogP contribution is 2.43. The van der Waals surface area contributed by atoms with Gasteiger partial charge in [-0.25, -0.2) is 0 Å². The van der Waals surface area contributed by atoms with Gasteiger partial charge in [0.1, 0.15) is 226 Å². The van der Waals surface area contributed by atoms with E-state index in [-0.39, 0.29) is 6.47 Å². The van der Waals surface area contributed by atoms with Crippen molar-refractivity contribution in [1.29, 1.82) is 0 Å². The normalized spacial score (nSPS) is 48.1. The Morgan fingerprint density at radius 1 is 0.349 bits per heavy atom. The number of ether oxygens (including phenoxy) is 20. The Bertz CT molecular complexity index is 3520. The molecule has 0 bridgehead atoms. The van der Waals surface area contributed by atoms with E-state index in [1.807, 2.05) is 0 Å². The summed E-state index contributed by atoms with van der Waals surface area (Å²) >= 11 is 0. The number of carbonyl (C=O) groups excluding carboxylic acids is 5. The number of carbonyl (C=O) groups is 5. The van der Waals surface area contributed by atoms with Gasteiger partial charge in [0.15, 0.2) is 50.3 Å². The van der Waals surface area contributed by atoms with Gasteiger partial charge in [-0.05, 0) is 6.92 Å². The van der Waals surface area contributed by atoms with Crippen molar-refractivity contribution >= 4 is 30.1 Å². The van der Waals surface area contributed by atoms with Gasteiger partial charge in [0.05, 0.1) is 96.8 Å². The molecular weight excluding hydrogens is 1760 g/mol. The molecule has 746 valence electrons. The summed E-state index contributed by atoms with van der Waals surface area (Å²) in [4.78, 5) is 63.5. The molecule has 10 aliphatic heterocycles. The van der Waals surface area contributed by atoms with Crippen molar-refractivity contribution in [2.75, 3.05) is 66.1 Å². The minimum atomic E-state index is -2.67. The molecule has 4 amide bonds. The molecular formula is C73H122N4O52. The summed E-state index contributed by atoms with van der Waals surface area (Å²) in [7, 11) is 0. The van der Waals surface area contributed by atoms with Gasteiger partial charge in [-0.2, -0.15) is 0 Å². The number of amides is 4. The summed E-state index contributed by atoms with van der Waals surface area (Å²) in [6.45, 7) is -4.53. The van der Waals surface area contributed by atoms with E-state index in [2.05, 4.69) is 21.3 Å². The summed E-state index contributed by atoms with van der Waals surface area (Å²) in [5, 5.41) is 313. The number of rotatable bonds is 36. The second-order valence-electron chi connectivity index (χ2n) is 33.0. The Balaban J connectivity index is 0.960. The maximum Gasteiger partial charge on any atom is 0.332 e. The summed E-state index contributed by atoms with van der Waals surface area (Å²) in [5.74, 6) is -7.27. The van der Waals surface area contributed by atoms with Gasteiger partial charge in [-0.3, -0.25) is 24.0 Å². The van der Waals surface area contributed by atoms with Crippen LogP contribution < -0.4 is 21.3 Å². The van der Waals surface area contributed by atoms with Crippen molar-refractivity contribution in [3.63, 3.8) is 0 Å². The van der Waals surface area contributed by atoms with Crippen LogP contribution in [0, 0.1) is 5.92 Å². The monoisotopic (exact) mass is 1890 g/mol. The predicted molar refractivity (Wildman–Crippen MR) is 399 cm³/mol. The third-order valence-electron chi connectivity index (χ3n) is 24.0. The van der Waals surface area contributed by atoms with Gasteiger partial charge in [0.25, 0.3) is 6.47 Å². The molecule has 31 N–H and O–H groups in total. The van der Waals surface area contributed by atoms with E-state index in [0.29, 0.717) is 0 Å². The minimum Gasteiger partial charge on any atom is -0.410 e. The van der Waals surface area contributed by atoms with Gasteiger partial charge >= 0.3 is 5.97 Å². The fourth-order valence-corrected chi connectivity index (χ4v) is 16.9. The Morgan fingerprint density at radius 3 is 1.07 bits per heavy atom. The fraction of sp³-hybridized carbons (Fsp3) is 0.932. The van der Waals surface area contributed by atoms with Crippen LogP contribution in [0.3, 0.4) is 0 Å². The average molecular weight is 1890 g/mol. The summed E-state index contributed by atoms with van der Waals surface area (Å²) in [5.41, 5.74) is 0. The first-order chi connectivity index (χ1) is 61.0. The number of nitrogens with one attached hydrogen (secondary N) is 4. The molecule has 21 unspecified atom stereocenters. The molecule has 10 aliphatic rings. The Labute approximate surface area is 732 Å². The van der Waals surface area contributed by atoms with Crippen LogP contribution in [-0.2, 0) is 119 Å².